The predicted octanol–water partition coefficient (Wildman–Crippen LogP) is 11.1. The summed E-state index contributed by atoms with van der Waals surface area (Å²) in [5.74, 6) is -0.776. The van der Waals surface area contributed by atoms with Crippen LogP contribution in [-0.2, 0) is 0 Å². The molecule has 0 radical (unpaired) electrons. The Bertz CT molecular complexity index is 1830. The topological polar surface area (TPSA) is 3.24 Å². The number of para-hydroxylation sites is 1. The van der Waals surface area contributed by atoms with Crippen LogP contribution < -0.4 is 4.90 Å². The van der Waals surface area contributed by atoms with E-state index < -0.39 is 11.4 Å². The minimum atomic E-state index is -0.583. The SMILES string of the molecule is CC(C)(C)N(c1ccccc1F)c1ccc(-c2ccc(-c3ccc4ccccc4c3)cc2)c(-c2ccccc2)c1F. The molecule has 0 amide bonds. The highest BCUT2D eigenvalue weighted by atomic mass is 19.1. The lowest BCUT2D eigenvalue weighted by molar-refractivity contribution is 0.527. The van der Waals surface area contributed by atoms with Gasteiger partial charge in [0, 0.05) is 11.1 Å². The van der Waals surface area contributed by atoms with Gasteiger partial charge in [-0.15, -0.1) is 0 Å². The van der Waals surface area contributed by atoms with E-state index in [1.165, 1.54) is 16.8 Å². The van der Waals surface area contributed by atoms with Crippen LogP contribution in [0.4, 0.5) is 20.2 Å². The highest BCUT2D eigenvalue weighted by Gasteiger charge is 2.30. The molecule has 0 atom stereocenters. The lowest BCUT2D eigenvalue weighted by atomic mass is 9.91. The maximum Gasteiger partial charge on any atom is 0.155 e. The van der Waals surface area contributed by atoms with Crippen LogP contribution in [0.1, 0.15) is 20.8 Å². The van der Waals surface area contributed by atoms with Crippen molar-refractivity contribution < 1.29 is 8.78 Å². The van der Waals surface area contributed by atoms with Gasteiger partial charge in [0.15, 0.2) is 5.82 Å². The molecule has 0 aliphatic rings. The molecular formula is C38H31F2N. The average Bonchev–Trinajstić information content (AvgIpc) is 2.98. The Kier molecular flexibility index (Phi) is 6.88. The maximum absolute atomic E-state index is 16.8. The number of hydrogen-bond donors (Lipinski definition) is 0. The smallest absolute Gasteiger partial charge is 0.155 e. The average molecular weight is 540 g/mol. The second-order valence-corrected chi connectivity index (χ2v) is 11.3. The third kappa shape index (κ3) is 5.12. The van der Waals surface area contributed by atoms with Crippen molar-refractivity contribution >= 4 is 22.1 Å². The van der Waals surface area contributed by atoms with E-state index in [1.807, 2.05) is 81.4 Å². The zero-order valence-electron chi connectivity index (χ0n) is 23.4. The Morgan fingerprint density at radius 2 is 1.10 bits per heavy atom. The Balaban J connectivity index is 1.49. The zero-order chi connectivity index (χ0) is 28.6. The van der Waals surface area contributed by atoms with E-state index in [-0.39, 0.29) is 5.82 Å². The molecule has 6 aromatic carbocycles. The first kappa shape index (κ1) is 26.5. The monoisotopic (exact) mass is 539 g/mol. The van der Waals surface area contributed by atoms with Gasteiger partial charge in [0.25, 0.3) is 0 Å². The standard InChI is InChI=1S/C38H31F2N/c1-38(2,3)41(34-16-10-9-15-33(34)39)35-24-23-32(36(37(35)40)29-12-5-4-6-13-29)28-20-17-27(18-21-28)31-22-19-26-11-7-8-14-30(26)25-31/h4-25H,1-3H3. The van der Waals surface area contributed by atoms with Crippen molar-refractivity contribution in [1.29, 1.82) is 0 Å². The van der Waals surface area contributed by atoms with Gasteiger partial charge >= 0.3 is 0 Å². The molecule has 0 saturated heterocycles. The van der Waals surface area contributed by atoms with Crippen molar-refractivity contribution in [3.8, 4) is 33.4 Å². The molecule has 0 aliphatic heterocycles. The van der Waals surface area contributed by atoms with E-state index in [2.05, 4.69) is 42.5 Å². The molecule has 3 heteroatoms. The van der Waals surface area contributed by atoms with Gasteiger partial charge in [0.1, 0.15) is 5.82 Å². The second kappa shape index (κ2) is 10.7. The van der Waals surface area contributed by atoms with Crippen LogP contribution in [-0.4, -0.2) is 5.54 Å². The third-order valence-electron chi connectivity index (χ3n) is 7.47. The number of halogens is 2. The summed E-state index contributed by atoms with van der Waals surface area (Å²) in [4.78, 5) is 1.75. The van der Waals surface area contributed by atoms with Crippen LogP contribution in [0.2, 0.25) is 0 Å². The predicted molar refractivity (Wildman–Crippen MR) is 169 cm³/mol. The van der Waals surface area contributed by atoms with Crippen LogP contribution >= 0.6 is 0 Å². The summed E-state index contributed by atoms with van der Waals surface area (Å²) in [5.41, 5.74) is 5.26. The molecule has 0 spiro atoms. The van der Waals surface area contributed by atoms with Crippen molar-refractivity contribution in [3.63, 3.8) is 0 Å². The summed E-state index contributed by atoms with van der Waals surface area (Å²) < 4.78 is 31.9. The summed E-state index contributed by atoms with van der Waals surface area (Å²) in [5, 5.41) is 2.40. The summed E-state index contributed by atoms with van der Waals surface area (Å²) in [6.07, 6.45) is 0. The van der Waals surface area contributed by atoms with E-state index in [4.69, 9.17) is 0 Å². The van der Waals surface area contributed by atoms with E-state index in [9.17, 15) is 0 Å². The highest BCUT2D eigenvalue weighted by molar-refractivity contribution is 5.90. The van der Waals surface area contributed by atoms with Crippen LogP contribution in [0.3, 0.4) is 0 Å². The molecule has 0 saturated carbocycles. The van der Waals surface area contributed by atoms with Gasteiger partial charge in [-0.05, 0) is 83.6 Å². The van der Waals surface area contributed by atoms with Gasteiger partial charge in [0.2, 0.25) is 0 Å². The molecular weight excluding hydrogens is 508 g/mol. The van der Waals surface area contributed by atoms with Gasteiger partial charge in [-0.3, -0.25) is 0 Å². The maximum atomic E-state index is 16.8. The molecule has 0 aromatic heterocycles. The van der Waals surface area contributed by atoms with Gasteiger partial charge in [0.05, 0.1) is 11.4 Å². The molecule has 0 bridgehead atoms. The molecule has 0 heterocycles. The quantitative estimate of drug-likeness (QED) is 0.211. The molecule has 202 valence electrons. The van der Waals surface area contributed by atoms with Gasteiger partial charge in [-0.1, -0.05) is 109 Å². The number of anilines is 2. The Morgan fingerprint density at radius 3 is 1.80 bits per heavy atom. The summed E-state index contributed by atoms with van der Waals surface area (Å²) in [7, 11) is 0. The fraction of sp³-hybridized carbons (Fsp3) is 0.105. The van der Waals surface area contributed by atoms with Crippen LogP contribution in [0, 0.1) is 11.6 Å². The van der Waals surface area contributed by atoms with Gasteiger partial charge in [-0.25, -0.2) is 8.78 Å². The summed E-state index contributed by atoms with van der Waals surface area (Å²) in [6, 6.07) is 42.9. The largest absolute Gasteiger partial charge is 0.331 e. The van der Waals surface area contributed by atoms with Crippen molar-refractivity contribution in [2.75, 3.05) is 4.90 Å². The van der Waals surface area contributed by atoms with Gasteiger partial charge < -0.3 is 4.90 Å². The fourth-order valence-electron chi connectivity index (χ4n) is 5.56. The van der Waals surface area contributed by atoms with E-state index >= 15 is 8.78 Å². The molecule has 0 fully saturated rings. The molecule has 1 nitrogen and oxygen atoms in total. The first-order valence-electron chi connectivity index (χ1n) is 13.8. The van der Waals surface area contributed by atoms with E-state index in [0.29, 0.717) is 16.9 Å². The molecule has 41 heavy (non-hydrogen) atoms. The van der Waals surface area contributed by atoms with Crippen molar-refractivity contribution in [3.05, 3.63) is 145 Å². The first-order chi connectivity index (χ1) is 19.8. The number of hydrogen-bond acceptors (Lipinski definition) is 1. The van der Waals surface area contributed by atoms with Crippen LogP contribution in [0.25, 0.3) is 44.2 Å². The normalized spacial score (nSPS) is 11.5. The number of benzene rings is 6. The molecule has 6 rings (SSSR count). The van der Waals surface area contributed by atoms with Crippen molar-refractivity contribution in [1.82, 2.24) is 0 Å². The highest BCUT2D eigenvalue weighted by Crippen LogP contribution is 2.43. The molecule has 0 unspecified atom stereocenters. The second-order valence-electron chi connectivity index (χ2n) is 11.3. The lowest BCUT2D eigenvalue weighted by Gasteiger charge is -2.38. The van der Waals surface area contributed by atoms with Crippen molar-refractivity contribution in [2.24, 2.45) is 0 Å². The van der Waals surface area contributed by atoms with Crippen LogP contribution in [0.15, 0.2) is 133 Å². The molecule has 0 aliphatic carbocycles. The lowest BCUT2D eigenvalue weighted by Crippen LogP contribution is -2.38. The number of nitrogens with zero attached hydrogens (tertiary/aromatic N) is 1. The fourth-order valence-corrected chi connectivity index (χ4v) is 5.56. The van der Waals surface area contributed by atoms with Gasteiger partial charge in [-0.2, -0.15) is 0 Å². The third-order valence-corrected chi connectivity index (χ3v) is 7.47. The Morgan fingerprint density at radius 1 is 0.488 bits per heavy atom. The first-order valence-corrected chi connectivity index (χ1v) is 13.8. The zero-order valence-corrected chi connectivity index (χ0v) is 23.4. The van der Waals surface area contributed by atoms with Crippen LogP contribution in [0.5, 0.6) is 0 Å². The Labute approximate surface area is 240 Å². The molecule has 0 N–H and O–H groups in total. The van der Waals surface area contributed by atoms with Crippen molar-refractivity contribution in [2.45, 2.75) is 26.3 Å². The number of rotatable bonds is 5. The van der Waals surface area contributed by atoms with E-state index in [1.54, 1.807) is 29.2 Å². The minimum Gasteiger partial charge on any atom is -0.331 e. The summed E-state index contributed by atoms with van der Waals surface area (Å²) >= 11 is 0. The Hall–Kier alpha value is -4.76. The number of fused-ring (bicyclic) bond motifs is 1. The van der Waals surface area contributed by atoms with E-state index in [0.717, 1.165) is 27.8 Å². The minimum absolute atomic E-state index is 0.331. The summed E-state index contributed by atoms with van der Waals surface area (Å²) in [6.45, 7) is 5.88. The molecule has 6 aromatic rings.